The molecule has 18 heavy (non-hydrogen) atoms. The van der Waals surface area contributed by atoms with Crippen LogP contribution in [0.2, 0.25) is 0 Å². The van der Waals surface area contributed by atoms with Crippen molar-refractivity contribution in [2.24, 2.45) is 5.73 Å². The number of aromatic amines is 1. The van der Waals surface area contributed by atoms with Crippen LogP contribution in [0, 0.1) is 5.82 Å². The van der Waals surface area contributed by atoms with E-state index < -0.39 is 12.0 Å². The molecule has 1 heterocycles. The Morgan fingerprint density at radius 3 is 3.06 bits per heavy atom. The van der Waals surface area contributed by atoms with E-state index in [0.29, 0.717) is 18.5 Å². The molecule has 0 aliphatic rings. The van der Waals surface area contributed by atoms with Gasteiger partial charge in [0.25, 0.3) is 0 Å². The fourth-order valence-electron chi connectivity index (χ4n) is 1.90. The first-order valence-corrected chi connectivity index (χ1v) is 5.79. The molecule has 0 aliphatic heterocycles. The largest absolute Gasteiger partial charge is 0.465 e. The van der Waals surface area contributed by atoms with Gasteiger partial charge in [0.2, 0.25) is 0 Å². The maximum absolute atomic E-state index is 13.0. The highest BCUT2D eigenvalue weighted by Gasteiger charge is 2.17. The van der Waals surface area contributed by atoms with E-state index in [1.807, 2.05) is 0 Å². The van der Waals surface area contributed by atoms with E-state index in [-0.39, 0.29) is 5.82 Å². The number of nitrogens with one attached hydrogen (secondary N) is 1. The van der Waals surface area contributed by atoms with Gasteiger partial charge >= 0.3 is 5.97 Å². The summed E-state index contributed by atoms with van der Waals surface area (Å²) in [4.78, 5) is 14.4. The third-order valence-corrected chi connectivity index (χ3v) is 2.76. The Labute approximate surface area is 104 Å². The van der Waals surface area contributed by atoms with Crippen LogP contribution in [0.1, 0.15) is 12.5 Å². The second kappa shape index (κ2) is 5.18. The van der Waals surface area contributed by atoms with Crippen LogP contribution in [-0.2, 0) is 16.0 Å². The number of carbonyl (C=O) groups is 1. The lowest BCUT2D eigenvalue weighted by Gasteiger charge is -2.09. The summed E-state index contributed by atoms with van der Waals surface area (Å²) in [6.45, 7) is 2.05. The normalized spacial score (nSPS) is 12.6. The summed E-state index contributed by atoms with van der Waals surface area (Å²) < 4.78 is 17.9. The average Bonchev–Trinajstić information content (AvgIpc) is 2.72. The minimum atomic E-state index is -0.700. The molecule has 2 rings (SSSR count). The number of fused-ring (bicyclic) bond motifs is 1. The first-order valence-electron chi connectivity index (χ1n) is 5.79. The maximum Gasteiger partial charge on any atom is 0.323 e. The van der Waals surface area contributed by atoms with Gasteiger partial charge in [-0.25, -0.2) is 4.39 Å². The summed E-state index contributed by atoms with van der Waals surface area (Å²) in [6.07, 6.45) is 2.10. The molecule has 0 fully saturated rings. The summed E-state index contributed by atoms with van der Waals surface area (Å²) in [6, 6.07) is 3.77. The van der Waals surface area contributed by atoms with E-state index in [9.17, 15) is 9.18 Å². The Balaban J connectivity index is 2.19. The lowest BCUT2D eigenvalue weighted by molar-refractivity contribution is -0.144. The van der Waals surface area contributed by atoms with Crippen molar-refractivity contribution in [2.75, 3.05) is 6.61 Å². The van der Waals surface area contributed by atoms with Crippen molar-refractivity contribution in [3.63, 3.8) is 0 Å². The minimum absolute atomic E-state index is 0.300. The molecule has 1 atom stereocenters. The molecule has 0 bridgehead atoms. The second-order valence-corrected chi connectivity index (χ2v) is 4.07. The van der Waals surface area contributed by atoms with Gasteiger partial charge in [0.05, 0.1) is 6.61 Å². The van der Waals surface area contributed by atoms with Crippen LogP contribution in [0.5, 0.6) is 0 Å². The molecule has 96 valence electrons. The van der Waals surface area contributed by atoms with Crippen molar-refractivity contribution < 1.29 is 13.9 Å². The third-order valence-electron chi connectivity index (χ3n) is 2.76. The summed E-state index contributed by atoms with van der Waals surface area (Å²) in [5, 5.41) is 0.871. The highest BCUT2D eigenvalue weighted by molar-refractivity contribution is 5.84. The fourth-order valence-corrected chi connectivity index (χ4v) is 1.90. The standard InChI is InChI=1S/C13H15FN2O2/c1-2-18-13(17)11(15)5-8-7-16-12-6-9(14)3-4-10(8)12/h3-4,6-7,11,16H,2,5,15H2,1H3. The maximum atomic E-state index is 13.0. The lowest BCUT2D eigenvalue weighted by Crippen LogP contribution is -2.34. The predicted octanol–water partition coefficient (Wildman–Crippen LogP) is 1.74. The van der Waals surface area contributed by atoms with Crippen LogP contribution in [0.25, 0.3) is 10.9 Å². The highest BCUT2D eigenvalue weighted by atomic mass is 19.1. The summed E-state index contributed by atoms with van der Waals surface area (Å²) in [7, 11) is 0. The number of halogens is 1. The molecule has 4 nitrogen and oxygen atoms in total. The quantitative estimate of drug-likeness (QED) is 0.812. The molecule has 0 saturated carbocycles. The molecule has 0 amide bonds. The van der Waals surface area contributed by atoms with Crippen molar-refractivity contribution in [1.82, 2.24) is 4.98 Å². The Morgan fingerprint density at radius 2 is 2.33 bits per heavy atom. The number of H-pyrrole nitrogens is 1. The van der Waals surface area contributed by atoms with E-state index in [2.05, 4.69) is 4.98 Å². The molecular weight excluding hydrogens is 235 g/mol. The monoisotopic (exact) mass is 250 g/mol. The van der Waals surface area contributed by atoms with E-state index >= 15 is 0 Å². The van der Waals surface area contributed by atoms with Crippen molar-refractivity contribution in [1.29, 1.82) is 0 Å². The molecular formula is C13H15FN2O2. The molecule has 3 N–H and O–H groups in total. The predicted molar refractivity (Wildman–Crippen MR) is 66.6 cm³/mol. The zero-order chi connectivity index (χ0) is 13.1. The van der Waals surface area contributed by atoms with Gasteiger partial charge < -0.3 is 15.5 Å². The van der Waals surface area contributed by atoms with Crippen molar-refractivity contribution in [3.05, 3.63) is 35.8 Å². The van der Waals surface area contributed by atoms with Crippen LogP contribution in [0.3, 0.4) is 0 Å². The zero-order valence-electron chi connectivity index (χ0n) is 10.1. The van der Waals surface area contributed by atoms with Gasteiger partial charge in [-0.2, -0.15) is 0 Å². The van der Waals surface area contributed by atoms with Gasteiger partial charge in [-0.15, -0.1) is 0 Å². The smallest absolute Gasteiger partial charge is 0.323 e. The molecule has 0 saturated heterocycles. The van der Waals surface area contributed by atoms with E-state index in [1.54, 1.807) is 19.2 Å². The van der Waals surface area contributed by atoms with Crippen molar-refractivity contribution in [2.45, 2.75) is 19.4 Å². The molecule has 5 heteroatoms. The summed E-state index contributed by atoms with van der Waals surface area (Å²) in [5.74, 6) is -0.723. The summed E-state index contributed by atoms with van der Waals surface area (Å²) >= 11 is 0. The van der Waals surface area contributed by atoms with Crippen LogP contribution < -0.4 is 5.73 Å². The molecule has 2 aromatic rings. The Bertz CT molecular complexity index is 565. The van der Waals surface area contributed by atoms with Gasteiger partial charge in [-0.05, 0) is 30.7 Å². The number of ether oxygens (including phenoxy) is 1. The Morgan fingerprint density at radius 1 is 1.56 bits per heavy atom. The summed E-state index contributed by atoms with van der Waals surface area (Å²) in [5.41, 5.74) is 7.33. The van der Waals surface area contributed by atoms with Gasteiger partial charge in [0.15, 0.2) is 0 Å². The van der Waals surface area contributed by atoms with E-state index in [0.717, 1.165) is 10.9 Å². The van der Waals surface area contributed by atoms with Crippen LogP contribution in [-0.4, -0.2) is 23.6 Å². The van der Waals surface area contributed by atoms with Crippen molar-refractivity contribution in [3.8, 4) is 0 Å². The number of benzene rings is 1. The molecule has 0 radical (unpaired) electrons. The number of nitrogens with two attached hydrogens (primary N) is 1. The zero-order valence-corrected chi connectivity index (χ0v) is 10.1. The molecule has 1 aromatic heterocycles. The lowest BCUT2D eigenvalue weighted by atomic mass is 10.1. The second-order valence-electron chi connectivity index (χ2n) is 4.07. The van der Waals surface area contributed by atoms with Crippen LogP contribution >= 0.6 is 0 Å². The number of carbonyl (C=O) groups excluding carboxylic acids is 1. The number of hydrogen-bond acceptors (Lipinski definition) is 3. The highest BCUT2D eigenvalue weighted by Crippen LogP contribution is 2.20. The fraction of sp³-hybridized carbons (Fsp3) is 0.308. The first kappa shape index (κ1) is 12.6. The molecule has 0 aliphatic carbocycles. The van der Waals surface area contributed by atoms with E-state index in [4.69, 9.17) is 10.5 Å². The topological polar surface area (TPSA) is 68.1 Å². The number of esters is 1. The molecule has 1 aromatic carbocycles. The number of rotatable bonds is 4. The Hall–Kier alpha value is -1.88. The number of hydrogen-bond donors (Lipinski definition) is 2. The van der Waals surface area contributed by atoms with Crippen LogP contribution in [0.4, 0.5) is 4.39 Å². The molecule has 0 spiro atoms. The minimum Gasteiger partial charge on any atom is -0.465 e. The molecule has 1 unspecified atom stereocenters. The van der Waals surface area contributed by atoms with Crippen LogP contribution in [0.15, 0.2) is 24.4 Å². The van der Waals surface area contributed by atoms with Gasteiger partial charge in [0.1, 0.15) is 11.9 Å². The Kier molecular flexibility index (Phi) is 3.62. The van der Waals surface area contributed by atoms with Gasteiger partial charge in [0, 0.05) is 23.5 Å². The number of aromatic nitrogens is 1. The SMILES string of the molecule is CCOC(=O)C(N)Cc1c[nH]c2cc(F)ccc12. The third kappa shape index (κ3) is 2.51. The van der Waals surface area contributed by atoms with Gasteiger partial charge in [-0.3, -0.25) is 4.79 Å². The van der Waals surface area contributed by atoms with Gasteiger partial charge in [-0.1, -0.05) is 0 Å². The first-order chi connectivity index (χ1) is 8.61. The van der Waals surface area contributed by atoms with E-state index in [1.165, 1.54) is 12.1 Å². The average molecular weight is 250 g/mol. The van der Waals surface area contributed by atoms with Crippen molar-refractivity contribution >= 4 is 16.9 Å².